The highest BCUT2D eigenvalue weighted by Crippen LogP contribution is 2.36. The van der Waals surface area contributed by atoms with Crippen molar-refractivity contribution in [2.45, 2.75) is 38.1 Å². The zero-order valence-electron chi connectivity index (χ0n) is 9.77. The van der Waals surface area contributed by atoms with Crippen molar-refractivity contribution in [1.82, 2.24) is 5.32 Å². The molecule has 2 rings (SSSR count). The Kier molecular flexibility index (Phi) is 3.72. The molecule has 1 aromatic carbocycles. The highest BCUT2D eigenvalue weighted by atomic mass is 19.2. The van der Waals surface area contributed by atoms with E-state index in [1.807, 2.05) is 6.92 Å². The predicted molar refractivity (Wildman–Crippen MR) is 60.4 cm³/mol. The Morgan fingerprint density at radius 1 is 1.18 bits per heavy atom. The van der Waals surface area contributed by atoms with Crippen LogP contribution in [0.5, 0.6) is 0 Å². The molecule has 4 heteroatoms. The zero-order valence-corrected chi connectivity index (χ0v) is 9.77. The van der Waals surface area contributed by atoms with Crippen molar-refractivity contribution in [2.24, 2.45) is 0 Å². The van der Waals surface area contributed by atoms with Crippen LogP contribution in [0.25, 0.3) is 0 Å². The minimum Gasteiger partial charge on any atom is -0.314 e. The molecule has 0 bridgehead atoms. The van der Waals surface area contributed by atoms with Gasteiger partial charge in [-0.2, -0.15) is 0 Å². The number of halogens is 3. The van der Waals surface area contributed by atoms with Gasteiger partial charge >= 0.3 is 0 Å². The van der Waals surface area contributed by atoms with Gasteiger partial charge in [0.25, 0.3) is 0 Å². The van der Waals surface area contributed by atoms with Crippen LogP contribution in [-0.4, -0.2) is 12.6 Å². The first-order valence-electron chi connectivity index (χ1n) is 6.02. The highest BCUT2D eigenvalue weighted by molar-refractivity contribution is 5.26. The lowest BCUT2D eigenvalue weighted by atomic mass is 9.93. The van der Waals surface area contributed by atoms with Crippen LogP contribution in [0.4, 0.5) is 13.2 Å². The van der Waals surface area contributed by atoms with Crippen LogP contribution < -0.4 is 5.32 Å². The normalized spacial score (nSPS) is 24.2. The maximum Gasteiger partial charge on any atom is 0.194 e. The summed E-state index contributed by atoms with van der Waals surface area (Å²) in [7, 11) is 0. The molecule has 17 heavy (non-hydrogen) atoms. The molecule has 1 aliphatic rings. The lowest BCUT2D eigenvalue weighted by molar-refractivity contribution is 0.421. The second-order valence-electron chi connectivity index (χ2n) is 4.47. The SMILES string of the molecule is CCNC1CCCC1c1ccc(F)c(F)c1F. The zero-order chi connectivity index (χ0) is 12.4. The summed E-state index contributed by atoms with van der Waals surface area (Å²) in [6, 6.07) is 2.54. The van der Waals surface area contributed by atoms with E-state index in [0.29, 0.717) is 5.56 Å². The summed E-state index contributed by atoms with van der Waals surface area (Å²) in [5.41, 5.74) is 0.298. The number of hydrogen-bond acceptors (Lipinski definition) is 1. The third kappa shape index (κ3) is 2.32. The molecule has 0 aromatic heterocycles. The minimum atomic E-state index is -1.36. The third-order valence-electron chi connectivity index (χ3n) is 3.45. The topological polar surface area (TPSA) is 12.0 Å². The molecule has 1 aromatic rings. The van der Waals surface area contributed by atoms with E-state index in [4.69, 9.17) is 0 Å². The first-order valence-corrected chi connectivity index (χ1v) is 6.02. The molecular formula is C13H16F3N. The third-order valence-corrected chi connectivity index (χ3v) is 3.45. The summed E-state index contributed by atoms with van der Waals surface area (Å²) in [6.07, 6.45) is 2.76. The van der Waals surface area contributed by atoms with E-state index in [-0.39, 0.29) is 12.0 Å². The largest absolute Gasteiger partial charge is 0.314 e. The fraction of sp³-hybridized carbons (Fsp3) is 0.538. The molecule has 0 saturated heterocycles. The van der Waals surface area contributed by atoms with E-state index >= 15 is 0 Å². The number of rotatable bonds is 3. The van der Waals surface area contributed by atoms with Crippen LogP contribution in [0.1, 0.15) is 37.7 Å². The first-order chi connectivity index (χ1) is 8.15. The monoisotopic (exact) mass is 243 g/mol. The van der Waals surface area contributed by atoms with Crippen molar-refractivity contribution in [3.05, 3.63) is 35.1 Å². The molecule has 1 fully saturated rings. The van der Waals surface area contributed by atoms with Gasteiger partial charge in [0.15, 0.2) is 17.5 Å². The van der Waals surface area contributed by atoms with E-state index in [0.717, 1.165) is 31.9 Å². The van der Waals surface area contributed by atoms with Gasteiger partial charge in [-0.15, -0.1) is 0 Å². The summed E-state index contributed by atoms with van der Waals surface area (Å²) in [6.45, 7) is 2.78. The Labute approximate surface area is 99.0 Å². The average Bonchev–Trinajstić information content (AvgIpc) is 2.75. The van der Waals surface area contributed by atoms with Crippen LogP contribution in [0.2, 0.25) is 0 Å². The highest BCUT2D eigenvalue weighted by Gasteiger charge is 2.31. The van der Waals surface area contributed by atoms with Crippen molar-refractivity contribution < 1.29 is 13.2 Å². The predicted octanol–water partition coefficient (Wildman–Crippen LogP) is 3.35. The molecule has 2 atom stereocenters. The van der Waals surface area contributed by atoms with Crippen molar-refractivity contribution in [3.63, 3.8) is 0 Å². The van der Waals surface area contributed by atoms with Crippen LogP contribution in [0, 0.1) is 17.5 Å². The van der Waals surface area contributed by atoms with Gasteiger partial charge in [0.1, 0.15) is 0 Å². The van der Waals surface area contributed by atoms with Crippen molar-refractivity contribution in [3.8, 4) is 0 Å². The lowest BCUT2D eigenvalue weighted by Gasteiger charge is -2.21. The molecule has 94 valence electrons. The Morgan fingerprint density at radius 3 is 2.65 bits per heavy atom. The van der Waals surface area contributed by atoms with Gasteiger partial charge in [0, 0.05) is 12.0 Å². The summed E-state index contributed by atoms with van der Waals surface area (Å²) in [5, 5.41) is 3.27. The molecule has 1 saturated carbocycles. The molecule has 0 heterocycles. The van der Waals surface area contributed by atoms with E-state index in [1.54, 1.807) is 0 Å². The average molecular weight is 243 g/mol. The van der Waals surface area contributed by atoms with Gasteiger partial charge in [-0.05, 0) is 31.0 Å². The lowest BCUT2D eigenvalue weighted by Crippen LogP contribution is -2.31. The Morgan fingerprint density at radius 2 is 1.94 bits per heavy atom. The summed E-state index contributed by atoms with van der Waals surface area (Å²) in [4.78, 5) is 0. The van der Waals surface area contributed by atoms with E-state index in [2.05, 4.69) is 5.32 Å². The van der Waals surface area contributed by atoms with Gasteiger partial charge < -0.3 is 5.32 Å². The molecule has 1 N–H and O–H groups in total. The van der Waals surface area contributed by atoms with Gasteiger partial charge in [0.2, 0.25) is 0 Å². The van der Waals surface area contributed by atoms with E-state index in [1.165, 1.54) is 6.07 Å². The van der Waals surface area contributed by atoms with E-state index in [9.17, 15) is 13.2 Å². The molecule has 2 unspecified atom stereocenters. The second-order valence-corrected chi connectivity index (χ2v) is 4.47. The molecule has 0 spiro atoms. The van der Waals surface area contributed by atoms with Crippen LogP contribution in [-0.2, 0) is 0 Å². The number of hydrogen-bond donors (Lipinski definition) is 1. The minimum absolute atomic E-state index is 0.0509. The van der Waals surface area contributed by atoms with Crippen molar-refractivity contribution in [2.75, 3.05) is 6.54 Å². The smallest absolute Gasteiger partial charge is 0.194 e. The summed E-state index contributed by atoms with van der Waals surface area (Å²) < 4.78 is 39.7. The molecule has 1 aliphatic carbocycles. The van der Waals surface area contributed by atoms with Crippen LogP contribution in [0.15, 0.2) is 12.1 Å². The first kappa shape index (κ1) is 12.4. The molecule has 0 amide bonds. The van der Waals surface area contributed by atoms with Crippen molar-refractivity contribution >= 4 is 0 Å². The summed E-state index contributed by atoms with van der Waals surface area (Å²) in [5.74, 6) is -3.56. The maximum atomic E-state index is 13.7. The summed E-state index contributed by atoms with van der Waals surface area (Å²) >= 11 is 0. The fourth-order valence-electron chi connectivity index (χ4n) is 2.67. The molecular weight excluding hydrogens is 227 g/mol. The molecule has 0 radical (unpaired) electrons. The van der Waals surface area contributed by atoms with Gasteiger partial charge in [-0.25, -0.2) is 13.2 Å². The van der Waals surface area contributed by atoms with Crippen molar-refractivity contribution in [1.29, 1.82) is 0 Å². The van der Waals surface area contributed by atoms with E-state index < -0.39 is 17.5 Å². The van der Waals surface area contributed by atoms with Crippen LogP contribution >= 0.6 is 0 Å². The van der Waals surface area contributed by atoms with Gasteiger partial charge in [-0.3, -0.25) is 0 Å². The number of nitrogens with one attached hydrogen (secondary N) is 1. The second kappa shape index (κ2) is 5.08. The number of likely N-dealkylation sites (N-methyl/N-ethyl adjacent to an activating group) is 1. The molecule has 0 aliphatic heterocycles. The fourth-order valence-corrected chi connectivity index (χ4v) is 2.67. The van der Waals surface area contributed by atoms with Gasteiger partial charge in [-0.1, -0.05) is 19.4 Å². The van der Waals surface area contributed by atoms with Gasteiger partial charge in [0.05, 0.1) is 0 Å². The Bertz CT molecular complexity index is 406. The quantitative estimate of drug-likeness (QED) is 0.803. The van der Waals surface area contributed by atoms with Crippen LogP contribution in [0.3, 0.4) is 0 Å². The molecule has 1 nitrogen and oxygen atoms in total. The Balaban J connectivity index is 2.30. The Hall–Kier alpha value is -1.03. The standard InChI is InChI=1S/C13H16F3N/c1-2-17-11-5-3-4-8(11)9-6-7-10(14)13(16)12(9)15/h6-8,11,17H,2-5H2,1H3. The number of benzene rings is 1. The maximum absolute atomic E-state index is 13.7.